The Hall–Kier alpha value is -1.38. The number of hydrogen-bond donors (Lipinski definition) is 1. The molecule has 0 fully saturated rings. The van der Waals surface area contributed by atoms with Gasteiger partial charge in [0.05, 0.1) is 6.10 Å². The highest BCUT2D eigenvalue weighted by molar-refractivity contribution is 6.30. The van der Waals surface area contributed by atoms with E-state index in [2.05, 4.69) is 4.98 Å². The molecule has 0 bridgehead atoms. The Bertz CT molecular complexity index is 568. The largest absolute Gasteiger partial charge is 0.388 e. The Balaban J connectivity index is 2.14. The summed E-state index contributed by atoms with van der Waals surface area (Å²) >= 11 is 5.98. The van der Waals surface area contributed by atoms with Gasteiger partial charge in [-0.15, -0.1) is 0 Å². The third-order valence-corrected chi connectivity index (χ3v) is 3.46. The standard InChI is InChI=1S/C14H12ClNO/c15-11-4-3-9-6-13-10(2-1-5-16-13)7-14(17)12(9)8-11/h1-5,8,14,17H,6-7H2. The molecule has 1 N–H and O–H groups in total. The van der Waals surface area contributed by atoms with Crippen molar-refractivity contribution >= 4 is 11.6 Å². The number of rotatable bonds is 0. The molecule has 2 nitrogen and oxygen atoms in total. The van der Waals surface area contributed by atoms with E-state index in [1.165, 1.54) is 0 Å². The zero-order valence-corrected chi connectivity index (χ0v) is 9.98. The van der Waals surface area contributed by atoms with Gasteiger partial charge in [0.1, 0.15) is 0 Å². The van der Waals surface area contributed by atoms with Crippen LogP contribution in [0.25, 0.3) is 0 Å². The second-order valence-electron chi connectivity index (χ2n) is 4.35. The topological polar surface area (TPSA) is 33.1 Å². The van der Waals surface area contributed by atoms with E-state index in [-0.39, 0.29) is 0 Å². The van der Waals surface area contributed by atoms with Gasteiger partial charge in [0.15, 0.2) is 0 Å². The molecule has 1 atom stereocenters. The molecule has 3 rings (SSSR count). The summed E-state index contributed by atoms with van der Waals surface area (Å²) < 4.78 is 0. The van der Waals surface area contributed by atoms with E-state index in [1.54, 1.807) is 6.20 Å². The highest BCUT2D eigenvalue weighted by Crippen LogP contribution is 2.31. The van der Waals surface area contributed by atoms with Crippen LogP contribution in [0.2, 0.25) is 5.02 Å². The van der Waals surface area contributed by atoms with E-state index in [0.29, 0.717) is 11.4 Å². The van der Waals surface area contributed by atoms with Crippen LogP contribution in [0.5, 0.6) is 0 Å². The van der Waals surface area contributed by atoms with Gasteiger partial charge in [0.2, 0.25) is 0 Å². The number of pyridine rings is 1. The van der Waals surface area contributed by atoms with Crippen molar-refractivity contribution in [1.82, 2.24) is 4.98 Å². The summed E-state index contributed by atoms with van der Waals surface area (Å²) in [6, 6.07) is 9.63. The summed E-state index contributed by atoms with van der Waals surface area (Å²) in [5.41, 5.74) is 4.20. The predicted molar refractivity (Wildman–Crippen MR) is 67.2 cm³/mol. The van der Waals surface area contributed by atoms with Crippen molar-refractivity contribution in [3.63, 3.8) is 0 Å². The number of aliphatic hydroxyl groups excluding tert-OH is 1. The first-order chi connectivity index (χ1) is 8.24. The third-order valence-electron chi connectivity index (χ3n) is 3.22. The van der Waals surface area contributed by atoms with Gasteiger partial charge in [-0.25, -0.2) is 0 Å². The van der Waals surface area contributed by atoms with Crippen LogP contribution < -0.4 is 0 Å². The number of nitrogens with zero attached hydrogens (tertiary/aromatic N) is 1. The molecule has 3 heteroatoms. The predicted octanol–water partition coefficient (Wildman–Crippen LogP) is 2.92. The van der Waals surface area contributed by atoms with Gasteiger partial charge in [-0.2, -0.15) is 0 Å². The molecule has 1 aromatic carbocycles. The Morgan fingerprint density at radius 2 is 2.12 bits per heavy atom. The van der Waals surface area contributed by atoms with Gasteiger partial charge in [0, 0.05) is 29.8 Å². The lowest BCUT2D eigenvalue weighted by Crippen LogP contribution is -2.02. The van der Waals surface area contributed by atoms with Gasteiger partial charge < -0.3 is 5.11 Å². The molecule has 0 saturated heterocycles. The first-order valence-electron chi connectivity index (χ1n) is 5.63. The average Bonchev–Trinajstić information content (AvgIpc) is 2.46. The quantitative estimate of drug-likeness (QED) is 0.774. The van der Waals surface area contributed by atoms with Gasteiger partial charge >= 0.3 is 0 Å². The summed E-state index contributed by atoms with van der Waals surface area (Å²) in [6.07, 6.45) is 2.68. The molecule has 1 aliphatic rings. The number of fused-ring (bicyclic) bond motifs is 2. The normalized spacial score (nSPS) is 18.1. The number of halogens is 1. The molecule has 0 amide bonds. The summed E-state index contributed by atoms with van der Waals surface area (Å²) in [5, 5.41) is 10.9. The number of benzene rings is 1. The fourth-order valence-corrected chi connectivity index (χ4v) is 2.53. The molecule has 2 aromatic rings. The number of aliphatic hydroxyl groups is 1. The van der Waals surface area contributed by atoms with Crippen molar-refractivity contribution in [2.45, 2.75) is 18.9 Å². The molecular weight excluding hydrogens is 234 g/mol. The van der Waals surface area contributed by atoms with Gasteiger partial charge in [-0.3, -0.25) is 4.98 Å². The summed E-state index contributed by atoms with van der Waals surface area (Å²) in [6.45, 7) is 0. The summed E-state index contributed by atoms with van der Waals surface area (Å²) in [5.74, 6) is 0. The maximum absolute atomic E-state index is 10.2. The van der Waals surface area contributed by atoms with Crippen LogP contribution in [-0.4, -0.2) is 10.1 Å². The van der Waals surface area contributed by atoms with E-state index in [0.717, 1.165) is 28.8 Å². The second kappa shape index (κ2) is 4.13. The van der Waals surface area contributed by atoms with Crippen molar-refractivity contribution in [3.8, 4) is 0 Å². The molecule has 1 unspecified atom stereocenters. The van der Waals surface area contributed by atoms with E-state index < -0.39 is 6.10 Å². The molecule has 0 aliphatic heterocycles. The molecule has 0 radical (unpaired) electrons. The van der Waals surface area contributed by atoms with E-state index in [9.17, 15) is 5.11 Å². The summed E-state index contributed by atoms with van der Waals surface area (Å²) in [7, 11) is 0. The third kappa shape index (κ3) is 1.94. The Morgan fingerprint density at radius 1 is 1.24 bits per heavy atom. The lowest BCUT2D eigenvalue weighted by atomic mass is 10.0. The number of aromatic nitrogens is 1. The average molecular weight is 246 g/mol. The van der Waals surface area contributed by atoms with Gasteiger partial charge in [-0.05, 0) is 34.9 Å². The lowest BCUT2D eigenvalue weighted by Gasteiger charge is -2.11. The monoisotopic (exact) mass is 245 g/mol. The van der Waals surface area contributed by atoms with Crippen molar-refractivity contribution in [1.29, 1.82) is 0 Å². The van der Waals surface area contributed by atoms with E-state index in [1.807, 2.05) is 30.3 Å². The van der Waals surface area contributed by atoms with Gasteiger partial charge in [-0.1, -0.05) is 23.7 Å². The van der Waals surface area contributed by atoms with Crippen molar-refractivity contribution < 1.29 is 5.11 Å². The van der Waals surface area contributed by atoms with E-state index >= 15 is 0 Å². The Morgan fingerprint density at radius 3 is 3.00 bits per heavy atom. The fraction of sp³-hybridized carbons (Fsp3) is 0.214. The maximum atomic E-state index is 10.2. The molecule has 0 spiro atoms. The van der Waals surface area contributed by atoms with E-state index in [4.69, 9.17) is 11.6 Å². The molecule has 0 saturated carbocycles. The number of hydrogen-bond acceptors (Lipinski definition) is 2. The van der Waals surface area contributed by atoms with Gasteiger partial charge in [0.25, 0.3) is 0 Å². The highest BCUT2D eigenvalue weighted by atomic mass is 35.5. The zero-order chi connectivity index (χ0) is 11.8. The Labute approximate surface area is 105 Å². The minimum atomic E-state index is -0.492. The summed E-state index contributed by atoms with van der Waals surface area (Å²) in [4.78, 5) is 4.39. The maximum Gasteiger partial charge on any atom is 0.0834 e. The van der Waals surface area contributed by atoms with Crippen LogP contribution in [0.4, 0.5) is 0 Å². The Kier molecular flexibility index (Phi) is 2.61. The van der Waals surface area contributed by atoms with Crippen LogP contribution >= 0.6 is 11.6 Å². The molecule has 1 heterocycles. The van der Waals surface area contributed by atoms with Crippen LogP contribution in [0.15, 0.2) is 36.5 Å². The molecule has 17 heavy (non-hydrogen) atoms. The van der Waals surface area contributed by atoms with Crippen LogP contribution in [0.3, 0.4) is 0 Å². The second-order valence-corrected chi connectivity index (χ2v) is 4.79. The molecular formula is C14H12ClNO. The van der Waals surface area contributed by atoms with Crippen molar-refractivity contribution in [2.24, 2.45) is 0 Å². The smallest absolute Gasteiger partial charge is 0.0834 e. The first-order valence-corrected chi connectivity index (χ1v) is 6.01. The van der Waals surface area contributed by atoms with Crippen molar-refractivity contribution in [2.75, 3.05) is 0 Å². The zero-order valence-electron chi connectivity index (χ0n) is 9.23. The van der Waals surface area contributed by atoms with Crippen molar-refractivity contribution in [3.05, 3.63) is 63.9 Å². The molecule has 1 aromatic heterocycles. The lowest BCUT2D eigenvalue weighted by molar-refractivity contribution is 0.178. The fourth-order valence-electron chi connectivity index (χ4n) is 2.35. The molecule has 1 aliphatic carbocycles. The van der Waals surface area contributed by atoms with Crippen LogP contribution in [-0.2, 0) is 12.8 Å². The first kappa shape index (κ1) is 10.8. The minimum absolute atomic E-state index is 0.492. The molecule has 86 valence electrons. The van der Waals surface area contributed by atoms with Crippen LogP contribution in [0, 0.1) is 0 Å². The SMILES string of the molecule is OC1Cc2cccnc2Cc2ccc(Cl)cc21. The highest BCUT2D eigenvalue weighted by Gasteiger charge is 2.20. The van der Waals surface area contributed by atoms with Crippen LogP contribution in [0.1, 0.15) is 28.5 Å². The minimum Gasteiger partial charge on any atom is -0.388 e.